The van der Waals surface area contributed by atoms with Crippen LogP contribution in [0.25, 0.3) is 0 Å². The van der Waals surface area contributed by atoms with E-state index in [1.165, 1.54) is 16.7 Å². The second-order valence-electron chi connectivity index (χ2n) is 7.77. The van der Waals surface area contributed by atoms with Gasteiger partial charge in [-0.15, -0.1) is 6.42 Å². The number of hydrogen-bond acceptors (Lipinski definition) is 4. The van der Waals surface area contributed by atoms with Crippen molar-refractivity contribution >= 4 is 0 Å². The lowest BCUT2D eigenvalue weighted by atomic mass is 9.88. The molecular weight excluding hydrogens is 352 g/mol. The zero-order chi connectivity index (χ0) is 20.3. The molecule has 3 N–H and O–H groups in total. The molecule has 1 aliphatic heterocycles. The Labute approximate surface area is 166 Å². The summed E-state index contributed by atoms with van der Waals surface area (Å²) in [6.45, 7) is 4.01. The first-order valence-electron chi connectivity index (χ1n) is 9.73. The van der Waals surface area contributed by atoms with Gasteiger partial charge in [0.05, 0.1) is 18.8 Å². The zero-order valence-electron chi connectivity index (χ0n) is 16.4. The van der Waals surface area contributed by atoms with Crippen molar-refractivity contribution in [3.05, 3.63) is 70.3 Å². The van der Waals surface area contributed by atoms with Crippen LogP contribution in [0, 0.1) is 12.3 Å². The van der Waals surface area contributed by atoms with Gasteiger partial charge in [-0.1, -0.05) is 50.1 Å². The van der Waals surface area contributed by atoms with Gasteiger partial charge in [-0.2, -0.15) is 0 Å². The first-order chi connectivity index (χ1) is 13.4. The molecule has 0 aliphatic carbocycles. The maximum absolute atomic E-state index is 10.2. The monoisotopic (exact) mass is 380 g/mol. The summed E-state index contributed by atoms with van der Waals surface area (Å²) in [6.07, 6.45) is 3.39. The van der Waals surface area contributed by atoms with Gasteiger partial charge in [0.25, 0.3) is 0 Å². The number of aliphatic hydroxyl groups excluding tert-OH is 3. The van der Waals surface area contributed by atoms with Crippen molar-refractivity contribution in [2.75, 3.05) is 6.61 Å². The first-order valence-corrected chi connectivity index (χ1v) is 9.73. The summed E-state index contributed by atoms with van der Waals surface area (Å²) in [5.74, 6) is 3.01. The Morgan fingerprint density at radius 1 is 1.14 bits per heavy atom. The maximum atomic E-state index is 10.2. The zero-order valence-corrected chi connectivity index (χ0v) is 16.4. The molecule has 148 valence electrons. The van der Waals surface area contributed by atoms with Crippen LogP contribution < -0.4 is 0 Å². The third-order valence-electron chi connectivity index (χ3n) is 5.43. The van der Waals surface area contributed by atoms with Crippen LogP contribution in [-0.2, 0) is 11.2 Å². The Morgan fingerprint density at radius 3 is 2.46 bits per heavy atom. The minimum Gasteiger partial charge on any atom is -0.394 e. The molecule has 4 heteroatoms. The Bertz CT molecular complexity index is 835. The van der Waals surface area contributed by atoms with Crippen molar-refractivity contribution in [1.82, 2.24) is 0 Å². The van der Waals surface area contributed by atoms with E-state index in [-0.39, 0.29) is 12.7 Å². The molecule has 2 aromatic carbocycles. The normalized spacial score (nSPS) is 24.9. The molecule has 1 fully saturated rings. The van der Waals surface area contributed by atoms with E-state index in [9.17, 15) is 15.3 Å². The topological polar surface area (TPSA) is 69.9 Å². The molecule has 28 heavy (non-hydrogen) atoms. The molecule has 4 atom stereocenters. The third kappa shape index (κ3) is 4.45. The Hall–Kier alpha value is -2.16. The second kappa shape index (κ2) is 8.89. The van der Waals surface area contributed by atoms with Crippen molar-refractivity contribution in [3.8, 4) is 12.3 Å². The molecule has 0 saturated carbocycles. The molecule has 0 bridgehead atoms. The number of benzene rings is 2. The summed E-state index contributed by atoms with van der Waals surface area (Å²) in [6, 6.07) is 14.2. The summed E-state index contributed by atoms with van der Waals surface area (Å²) in [5.41, 5.74) is 5.45. The van der Waals surface area contributed by atoms with Gasteiger partial charge in [0.15, 0.2) is 0 Å². The van der Waals surface area contributed by atoms with E-state index in [1.54, 1.807) is 0 Å². The van der Waals surface area contributed by atoms with Gasteiger partial charge < -0.3 is 20.1 Å². The first kappa shape index (κ1) is 20.6. The molecule has 3 rings (SSSR count). The predicted octanol–water partition coefficient (Wildman–Crippen LogP) is 2.93. The van der Waals surface area contributed by atoms with E-state index in [1.807, 2.05) is 30.3 Å². The molecular formula is C24H28O4. The molecule has 0 radical (unpaired) electrons. The fraction of sp³-hybridized carbons (Fsp3) is 0.417. The van der Waals surface area contributed by atoms with Crippen molar-refractivity contribution in [2.45, 2.75) is 57.0 Å². The third-order valence-corrected chi connectivity index (χ3v) is 5.43. The van der Waals surface area contributed by atoms with Crippen molar-refractivity contribution in [3.63, 3.8) is 0 Å². The van der Waals surface area contributed by atoms with Crippen LogP contribution in [0.1, 0.15) is 60.1 Å². The van der Waals surface area contributed by atoms with Gasteiger partial charge in [-0.25, -0.2) is 0 Å². The fourth-order valence-corrected chi connectivity index (χ4v) is 3.80. The molecule has 1 saturated heterocycles. The highest BCUT2D eigenvalue weighted by atomic mass is 16.5. The Balaban J connectivity index is 1.89. The summed E-state index contributed by atoms with van der Waals surface area (Å²) in [5, 5.41) is 29.6. The Morgan fingerprint density at radius 2 is 1.86 bits per heavy atom. The summed E-state index contributed by atoms with van der Waals surface area (Å²) < 4.78 is 5.86. The summed E-state index contributed by atoms with van der Waals surface area (Å²) in [7, 11) is 0. The number of aliphatic hydroxyl groups is 3. The molecule has 1 aliphatic rings. The van der Waals surface area contributed by atoms with E-state index < -0.39 is 18.3 Å². The maximum Gasteiger partial charge on any atom is 0.110 e. The van der Waals surface area contributed by atoms with E-state index >= 15 is 0 Å². The van der Waals surface area contributed by atoms with Gasteiger partial charge in [-0.3, -0.25) is 0 Å². The minimum atomic E-state index is -1.06. The molecule has 0 amide bonds. The number of hydrogen-bond donors (Lipinski definition) is 3. The SMILES string of the molecule is C#Cc1ccc(Cc2cc([C@H]3C[C@@H](O)[C@H](O)[C@@H](CO)O3)ccc2C(C)C)cc1. The standard InChI is InChI=1S/C24H28O4/c1-4-16-5-7-17(8-6-16)11-19-12-18(9-10-20(19)15(2)3)22-13-21(26)24(27)23(14-25)28-22/h1,5-10,12,15,21-27H,11,13-14H2,2-3H3/t21-,22-,23-,24+/m1/s1. The Kier molecular flexibility index (Phi) is 6.53. The fourth-order valence-electron chi connectivity index (χ4n) is 3.80. The lowest BCUT2D eigenvalue weighted by molar-refractivity contribution is -0.181. The molecule has 2 aromatic rings. The van der Waals surface area contributed by atoms with Crippen LogP contribution in [-0.4, -0.2) is 40.2 Å². The van der Waals surface area contributed by atoms with Crippen LogP contribution >= 0.6 is 0 Å². The number of ether oxygens (including phenoxy) is 1. The van der Waals surface area contributed by atoms with Crippen LogP contribution in [0.4, 0.5) is 0 Å². The average Bonchev–Trinajstić information content (AvgIpc) is 2.70. The van der Waals surface area contributed by atoms with Crippen LogP contribution in [0.3, 0.4) is 0 Å². The lowest BCUT2D eigenvalue weighted by Gasteiger charge is -2.36. The quantitative estimate of drug-likeness (QED) is 0.698. The molecule has 4 nitrogen and oxygen atoms in total. The average molecular weight is 380 g/mol. The van der Waals surface area contributed by atoms with E-state index in [0.29, 0.717) is 12.3 Å². The van der Waals surface area contributed by atoms with Crippen LogP contribution in [0.2, 0.25) is 0 Å². The van der Waals surface area contributed by atoms with Gasteiger partial charge in [0.1, 0.15) is 12.2 Å². The van der Waals surface area contributed by atoms with Crippen molar-refractivity contribution < 1.29 is 20.1 Å². The molecule has 0 spiro atoms. The lowest BCUT2D eigenvalue weighted by Crippen LogP contribution is -2.47. The van der Waals surface area contributed by atoms with Gasteiger partial charge in [0.2, 0.25) is 0 Å². The smallest absolute Gasteiger partial charge is 0.110 e. The van der Waals surface area contributed by atoms with Crippen molar-refractivity contribution in [1.29, 1.82) is 0 Å². The number of rotatable bonds is 5. The highest BCUT2D eigenvalue weighted by Gasteiger charge is 2.37. The van der Waals surface area contributed by atoms with E-state index in [4.69, 9.17) is 11.2 Å². The summed E-state index contributed by atoms with van der Waals surface area (Å²) in [4.78, 5) is 0. The minimum absolute atomic E-state index is 0.301. The molecule has 0 unspecified atom stereocenters. The van der Waals surface area contributed by atoms with Crippen molar-refractivity contribution in [2.24, 2.45) is 0 Å². The van der Waals surface area contributed by atoms with Gasteiger partial charge in [0, 0.05) is 12.0 Å². The highest BCUT2D eigenvalue weighted by Crippen LogP contribution is 2.34. The van der Waals surface area contributed by atoms with Gasteiger partial charge >= 0.3 is 0 Å². The number of terminal acetylenes is 1. The highest BCUT2D eigenvalue weighted by molar-refractivity contribution is 5.41. The second-order valence-corrected chi connectivity index (χ2v) is 7.77. The largest absolute Gasteiger partial charge is 0.394 e. The van der Waals surface area contributed by atoms with Crippen LogP contribution in [0.15, 0.2) is 42.5 Å². The van der Waals surface area contributed by atoms with Crippen LogP contribution in [0.5, 0.6) is 0 Å². The molecule has 0 aromatic heterocycles. The van der Waals surface area contributed by atoms with Gasteiger partial charge in [-0.05, 0) is 46.7 Å². The summed E-state index contributed by atoms with van der Waals surface area (Å²) >= 11 is 0. The predicted molar refractivity (Wildman–Crippen MR) is 109 cm³/mol. The molecule has 1 heterocycles. The van der Waals surface area contributed by atoms with E-state index in [0.717, 1.165) is 17.5 Å². The van der Waals surface area contributed by atoms with E-state index in [2.05, 4.69) is 31.9 Å².